The molecule has 0 aliphatic heterocycles. The second-order valence-electron chi connectivity index (χ2n) is 3.93. The summed E-state index contributed by atoms with van der Waals surface area (Å²) < 4.78 is 5.29. The van der Waals surface area contributed by atoms with E-state index >= 15 is 0 Å². The third-order valence-corrected chi connectivity index (χ3v) is 1.88. The number of carbonyl (C=O) groups is 1. The third-order valence-electron chi connectivity index (χ3n) is 1.88. The van der Waals surface area contributed by atoms with Crippen LogP contribution in [-0.4, -0.2) is 10.9 Å². The molecule has 3 nitrogen and oxygen atoms in total. The first-order valence-corrected chi connectivity index (χ1v) is 5.50. The number of rotatable bonds is 5. The molecule has 1 aromatic heterocycles. The van der Waals surface area contributed by atoms with Crippen LogP contribution in [0, 0.1) is 5.92 Å². The van der Waals surface area contributed by atoms with Gasteiger partial charge < -0.3 is 9.52 Å². The van der Waals surface area contributed by atoms with E-state index in [9.17, 15) is 4.79 Å². The maximum atomic E-state index is 9.94. The molecule has 0 radical (unpaired) electrons. The standard InChI is InChI=1S/C9H14O2.C5H6O/c1-7(2)5-8-3-4-9(6-10)11-8;1-3-5(6)4-2/h3-4,7,10H,5-6H2,1-2H3;3-4H,1-2H2. The van der Waals surface area contributed by atoms with E-state index in [2.05, 4.69) is 27.0 Å². The lowest BCUT2D eigenvalue weighted by Crippen LogP contribution is -1.91. The van der Waals surface area contributed by atoms with Gasteiger partial charge in [-0.05, 0) is 30.2 Å². The van der Waals surface area contributed by atoms with Crippen molar-refractivity contribution >= 4 is 5.78 Å². The summed E-state index contributed by atoms with van der Waals surface area (Å²) in [6, 6.07) is 3.74. The van der Waals surface area contributed by atoms with Gasteiger partial charge in [0.05, 0.1) is 0 Å². The van der Waals surface area contributed by atoms with E-state index in [1.165, 1.54) is 12.2 Å². The van der Waals surface area contributed by atoms with E-state index in [-0.39, 0.29) is 12.4 Å². The van der Waals surface area contributed by atoms with Gasteiger partial charge in [-0.1, -0.05) is 27.0 Å². The van der Waals surface area contributed by atoms with Crippen molar-refractivity contribution in [2.75, 3.05) is 0 Å². The van der Waals surface area contributed by atoms with Crippen LogP contribution in [-0.2, 0) is 17.8 Å². The molecular formula is C14H20O3. The Bertz CT molecular complexity index is 351. The Morgan fingerprint density at radius 1 is 1.35 bits per heavy atom. The fourth-order valence-corrected chi connectivity index (χ4v) is 1.10. The highest BCUT2D eigenvalue weighted by molar-refractivity contribution is 5.98. The number of hydrogen-bond donors (Lipinski definition) is 1. The number of furan rings is 1. The van der Waals surface area contributed by atoms with Crippen molar-refractivity contribution in [3.8, 4) is 0 Å². The van der Waals surface area contributed by atoms with Crippen LogP contribution in [0.25, 0.3) is 0 Å². The van der Waals surface area contributed by atoms with Gasteiger partial charge in [0.25, 0.3) is 0 Å². The number of aliphatic hydroxyl groups is 1. The van der Waals surface area contributed by atoms with E-state index < -0.39 is 0 Å². The van der Waals surface area contributed by atoms with Crippen molar-refractivity contribution in [1.29, 1.82) is 0 Å². The largest absolute Gasteiger partial charge is 0.464 e. The van der Waals surface area contributed by atoms with Crippen LogP contribution in [0.2, 0.25) is 0 Å². The number of ketones is 1. The molecular weight excluding hydrogens is 216 g/mol. The van der Waals surface area contributed by atoms with E-state index in [0.717, 1.165) is 12.2 Å². The molecule has 0 aromatic carbocycles. The summed E-state index contributed by atoms with van der Waals surface area (Å²) >= 11 is 0. The molecule has 0 bridgehead atoms. The molecule has 1 aromatic rings. The summed E-state index contributed by atoms with van der Waals surface area (Å²) in [5.41, 5.74) is 0. The van der Waals surface area contributed by atoms with Crippen LogP contribution in [0.15, 0.2) is 41.9 Å². The lowest BCUT2D eigenvalue weighted by Gasteiger charge is -1.99. The van der Waals surface area contributed by atoms with Crippen LogP contribution in [0.1, 0.15) is 25.4 Å². The normalized spacial score (nSPS) is 9.41. The van der Waals surface area contributed by atoms with Crippen molar-refractivity contribution in [3.05, 3.63) is 49.0 Å². The lowest BCUT2D eigenvalue weighted by molar-refractivity contribution is -0.110. The Morgan fingerprint density at radius 2 is 1.88 bits per heavy atom. The zero-order valence-electron chi connectivity index (χ0n) is 10.5. The maximum absolute atomic E-state index is 9.94. The average Bonchev–Trinajstić information content (AvgIpc) is 2.75. The lowest BCUT2D eigenvalue weighted by atomic mass is 10.1. The van der Waals surface area contributed by atoms with E-state index in [0.29, 0.717) is 11.7 Å². The second kappa shape index (κ2) is 8.53. The minimum atomic E-state index is -0.130. The molecule has 1 N–H and O–H groups in total. The first-order valence-electron chi connectivity index (χ1n) is 5.50. The highest BCUT2D eigenvalue weighted by Crippen LogP contribution is 2.12. The van der Waals surface area contributed by atoms with Gasteiger partial charge in [-0.25, -0.2) is 0 Å². The molecule has 0 aliphatic carbocycles. The topological polar surface area (TPSA) is 50.4 Å². The van der Waals surface area contributed by atoms with Gasteiger partial charge in [0.2, 0.25) is 0 Å². The Labute approximate surface area is 102 Å². The number of allylic oxidation sites excluding steroid dienone is 2. The molecule has 0 amide bonds. The van der Waals surface area contributed by atoms with Crippen molar-refractivity contribution in [2.24, 2.45) is 5.92 Å². The van der Waals surface area contributed by atoms with Crippen LogP contribution >= 0.6 is 0 Å². The van der Waals surface area contributed by atoms with Gasteiger partial charge in [-0.15, -0.1) is 0 Å². The Kier molecular flexibility index (Phi) is 7.72. The van der Waals surface area contributed by atoms with Gasteiger partial charge >= 0.3 is 0 Å². The molecule has 0 aliphatic rings. The average molecular weight is 236 g/mol. The summed E-state index contributed by atoms with van der Waals surface area (Å²) in [6.07, 6.45) is 3.38. The SMILES string of the molecule is C=CC(=O)C=C.CC(C)Cc1ccc(CO)o1. The third kappa shape index (κ3) is 7.30. The molecule has 1 heterocycles. The number of carbonyl (C=O) groups excluding carboxylic acids is 1. The fraction of sp³-hybridized carbons (Fsp3) is 0.357. The monoisotopic (exact) mass is 236 g/mol. The molecule has 0 saturated carbocycles. The highest BCUT2D eigenvalue weighted by Gasteiger charge is 2.02. The highest BCUT2D eigenvalue weighted by atomic mass is 16.4. The summed E-state index contributed by atoms with van der Waals surface area (Å²) in [6.45, 7) is 10.7. The molecule has 3 heteroatoms. The second-order valence-corrected chi connectivity index (χ2v) is 3.93. The van der Waals surface area contributed by atoms with Crippen LogP contribution in [0.3, 0.4) is 0 Å². The predicted molar refractivity (Wildman–Crippen MR) is 68.6 cm³/mol. The summed E-state index contributed by atoms with van der Waals surface area (Å²) in [7, 11) is 0. The van der Waals surface area contributed by atoms with Crippen molar-refractivity contribution < 1.29 is 14.3 Å². The zero-order chi connectivity index (χ0) is 13.3. The first-order chi connectivity index (χ1) is 8.03. The Balaban J connectivity index is 0.000000366. The summed E-state index contributed by atoms with van der Waals surface area (Å²) in [5.74, 6) is 2.09. The van der Waals surface area contributed by atoms with E-state index in [1.807, 2.05) is 12.1 Å². The number of aliphatic hydroxyl groups excluding tert-OH is 1. The van der Waals surface area contributed by atoms with Crippen molar-refractivity contribution in [1.82, 2.24) is 0 Å². The summed E-state index contributed by atoms with van der Waals surface area (Å²) in [4.78, 5) is 9.94. The van der Waals surface area contributed by atoms with Crippen molar-refractivity contribution in [2.45, 2.75) is 26.9 Å². The predicted octanol–water partition coefficient (Wildman–Crippen LogP) is 2.90. The van der Waals surface area contributed by atoms with Gasteiger partial charge in [0.15, 0.2) is 5.78 Å². The van der Waals surface area contributed by atoms with Gasteiger partial charge in [0.1, 0.15) is 18.1 Å². The van der Waals surface area contributed by atoms with Crippen molar-refractivity contribution in [3.63, 3.8) is 0 Å². The molecule has 0 atom stereocenters. The smallest absolute Gasteiger partial charge is 0.177 e. The fourth-order valence-electron chi connectivity index (χ4n) is 1.10. The molecule has 17 heavy (non-hydrogen) atoms. The van der Waals surface area contributed by atoms with E-state index in [1.54, 1.807) is 0 Å². The van der Waals surface area contributed by atoms with Gasteiger partial charge in [-0.2, -0.15) is 0 Å². The van der Waals surface area contributed by atoms with E-state index in [4.69, 9.17) is 9.52 Å². The molecule has 0 fully saturated rings. The van der Waals surface area contributed by atoms with Gasteiger partial charge in [-0.3, -0.25) is 4.79 Å². The molecule has 0 saturated heterocycles. The molecule has 1 rings (SSSR count). The summed E-state index contributed by atoms with van der Waals surface area (Å²) in [5, 5.41) is 8.69. The Morgan fingerprint density at radius 3 is 2.18 bits per heavy atom. The first kappa shape index (κ1) is 15.4. The minimum Gasteiger partial charge on any atom is -0.464 e. The van der Waals surface area contributed by atoms with Crippen LogP contribution in [0.4, 0.5) is 0 Å². The number of hydrogen-bond acceptors (Lipinski definition) is 3. The zero-order valence-corrected chi connectivity index (χ0v) is 10.5. The van der Waals surface area contributed by atoms with Crippen LogP contribution in [0.5, 0.6) is 0 Å². The Hall–Kier alpha value is -1.61. The molecule has 0 unspecified atom stereocenters. The van der Waals surface area contributed by atoms with Gasteiger partial charge in [0, 0.05) is 6.42 Å². The van der Waals surface area contributed by atoms with Crippen LogP contribution < -0.4 is 0 Å². The maximum Gasteiger partial charge on any atom is 0.177 e. The minimum absolute atomic E-state index is 0.00189. The molecule has 0 spiro atoms. The quantitative estimate of drug-likeness (QED) is 0.800. The molecule has 94 valence electrons.